The van der Waals surface area contributed by atoms with Crippen molar-refractivity contribution in [3.63, 3.8) is 0 Å². The Morgan fingerprint density at radius 3 is 2.24 bits per heavy atom. The van der Waals surface area contributed by atoms with E-state index >= 15 is 0 Å². The van der Waals surface area contributed by atoms with Crippen molar-refractivity contribution in [3.05, 3.63) is 35.9 Å². The number of amides is 1. The van der Waals surface area contributed by atoms with E-state index in [9.17, 15) is 31.5 Å². The Morgan fingerprint density at radius 1 is 1.00 bits per heavy atom. The van der Waals surface area contributed by atoms with E-state index in [1.54, 1.807) is 12.1 Å². The molecule has 0 radical (unpaired) electrons. The zero-order valence-electron chi connectivity index (χ0n) is 13.2. The van der Waals surface area contributed by atoms with Crippen molar-refractivity contribution in [2.24, 2.45) is 0 Å². The molecule has 1 rings (SSSR count). The van der Waals surface area contributed by atoms with Crippen LogP contribution in [0, 0.1) is 0 Å². The van der Waals surface area contributed by atoms with Crippen molar-refractivity contribution >= 4 is 11.9 Å². The van der Waals surface area contributed by atoms with Crippen molar-refractivity contribution in [2.45, 2.75) is 44.3 Å². The van der Waals surface area contributed by atoms with Crippen LogP contribution in [0.4, 0.5) is 22.0 Å². The molecule has 1 N–H and O–H groups in total. The van der Waals surface area contributed by atoms with Gasteiger partial charge < -0.3 is 10.1 Å². The van der Waals surface area contributed by atoms with Crippen LogP contribution in [-0.4, -0.2) is 30.6 Å². The molecule has 0 saturated carbocycles. The molecule has 0 unspecified atom stereocenters. The lowest BCUT2D eigenvalue weighted by Gasteiger charge is -2.19. The molecule has 0 fully saturated rings. The van der Waals surface area contributed by atoms with Crippen LogP contribution in [-0.2, 0) is 20.9 Å². The maximum Gasteiger partial charge on any atom is 0.453 e. The van der Waals surface area contributed by atoms with Crippen LogP contribution >= 0.6 is 0 Å². The average molecular weight is 367 g/mol. The molecule has 0 aliphatic carbocycles. The van der Waals surface area contributed by atoms with E-state index in [-0.39, 0.29) is 12.8 Å². The first-order valence-electron chi connectivity index (χ1n) is 7.52. The summed E-state index contributed by atoms with van der Waals surface area (Å²) < 4.78 is 65.5. The molecule has 9 heteroatoms. The highest BCUT2D eigenvalue weighted by atomic mass is 19.4. The maximum absolute atomic E-state index is 12.6. The number of alkyl halides is 5. The van der Waals surface area contributed by atoms with Crippen LogP contribution in [0.3, 0.4) is 0 Å². The highest BCUT2D eigenvalue weighted by Crippen LogP contribution is 2.38. The van der Waals surface area contributed by atoms with Crippen LogP contribution in [0.15, 0.2) is 30.3 Å². The minimum atomic E-state index is -5.62. The molecule has 1 aromatic rings. The Balaban J connectivity index is 2.15. The van der Waals surface area contributed by atoms with Crippen molar-refractivity contribution in [2.75, 3.05) is 6.61 Å². The molecule has 0 aliphatic heterocycles. The van der Waals surface area contributed by atoms with E-state index in [1.807, 2.05) is 18.2 Å². The minimum Gasteiger partial charge on any atom is -0.466 e. The number of hydrogen-bond donors (Lipinski definition) is 1. The second-order valence-electron chi connectivity index (χ2n) is 5.29. The highest BCUT2D eigenvalue weighted by molar-refractivity contribution is 5.81. The van der Waals surface area contributed by atoms with Crippen molar-refractivity contribution in [1.29, 1.82) is 0 Å². The Kier molecular flexibility index (Phi) is 7.79. The van der Waals surface area contributed by atoms with Gasteiger partial charge in [-0.05, 0) is 12.0 Å². The Bertz CT molecular complexity index is 561. The van der Waals surface area contributed by atoms with Gasteiger partial charge in [0.25, 0.3) is 0 Å². The molecule has 0 atom stereocenters. The monoisotopic (exact) mass is 367 g/mol. The molecule has 0 spiro atoms. The molecule has 0 aromatic heterocycles. The minimum absolute atomic E-state index is 0.162. The van der Waals surface area contributed by atoms with Gasteiger partial charge in [-0.25, -0.2) is 0 Å². The molecule has 1 amide bonds. The summed E-state index contributed by atoms with van der Waals surface area (Å²) in [7, 11) is 0. The van der Waals surface area contributed by atoms with Gasteiger partial charge >= 0.3 is 18.1 Å². The van der Waals surface area contributed by atoms with Crippen LogP contribution in [0.2, 0.25) is 0 Å². The van der Waals surface area contributed by atoms with Gasteiger partial charge in [0.15, 0.2) is 0 Å². The molecule has 0 aliphatic rings. The van der Waals surface area contributed by atoms with Crippen LogP contribution < -0.4 is 5.32 Å². The third-order valence-electron chi connectivity index (χ3n) is 3.20. The zero-order valence-corrected chi connectivity index (χ0v) is 13.2. The first-order chi connectivity index (χ1) is 11.6. The number of nitrogens with one attached hydrogen (secondary N) is 1. The summed E-state index contributed by atoms with van der Waals surface area (Å²) in [6, 6.07) is 9.06. The number of halogens is 5. The first kappa shape index (κ1) is 20.9. The number of rotatable bonds is 9. The molecule has 0 heterocycles. The number of carbonyl (C=O) groups is 2. The first-order valence-corrected chi connectivity index (χ1v) is 7.52. The fourth-order valence-corrected chi connectivity index (χ4v) is 1.79. The summed E-state index contributed by atoms with van der Waals surface area (Å²) >= 11 is 0. The number of ether oxygens (including phenoxy) is 1. The molecule has 1 aromatic carbocycles. The van der Waals surface area contributed by atoms with E-state index in [2.05, 4.69) is 10.1 Å². The third-order valence-corrected chi connectivity index (χ3v) is 3.20. The lowest BCUT2D eigenvalue weighted by molar-refractivity contribution is -0.285. The van der Waals surface area contributed by atoms with Gasteiger partial charge in [0, 0.05) is 19.4 Å². The maximum atomic E-state index is 12.6. The van der Waals surface area contributed by atoms with Gasteiger partial charge in [-0.2, -0.15) is 22.0 Å². The van der Waals surface area contributed by atoms with Crippen molar-refractivity contribution < 1.29 is 36.3 Å². The van der Waals surface area contributed by atoms with E-state index in [4.69, 9.17) is 0 Å². The largest absolute Gasteiger partial charge is 0.466 e. The number of esters is 1. The number of benzene rings is 1. The summed E-state index contributed by atoms with van der Waals surface area (Å²) in [6.45, 7) is -0.266. The Hall–Kier alpha value is -2.19. The van der Waals surface area contributed by atoms with E-state index in [0.717, 1.165) is 5.56 Å². The van der Waals surface area contributed by atoms with Gasteiger partial charge in [0.2, 0.25) is 5.91 Å². The SMILES string of the molecule is O=C(CCC(=O)OCCCC(F)(F)C(F)(F)F)NCc1ccccc1. The Morgan fingerprint density at radius 2 is 1.64 bits per heavy atom. The average Bonchev–Trinajstić information content (AvgIpc) is 2.55. The molecular weight excluding hydrogens is 349 g/mol. The molecule has 4 nitrogen and oxygen atoms in total. The van der Waals surface area contributed by atoms with Crippen LogP contribution in [0.1, 0.15) is 31.2 Å². The van der Waals surface area contributed by atoms with Gasteiger partial charge in [-0.3, -0.25) is 9.59 Å². The standard InChI is InChI=1S/C16H18F5NO3/c17-15(18,16(19,20)21)9-4-10-25-14(24)8-7-13(23)22-11-12-5-2-1-3-6-12/h1-3,5-6H,4,7-11H2,(H,22,23). The summed E-state index contributed by atoms with van der Waals surface area (Å²) in [4.78, 5) is 22.9. The van der Waals surface area contributed by atoms with E-state index in [1.165, 1.54) is 0 Å². The number of hydrogen-bond acceptors (Lipinski definition) is 3. The van der Waals surface area contributed by atoms with Gasteiger partial charge in [0.1, 0.15) is 0 Å². The molecule has 25 heavy (non-hydrogen) atoms. The van der Waals surface area contributed by atoms with Crippen molar-refractivity contribution in [1.82, 2.24) is 5.32 Å². The second-order valence-corrected chi connectivity index (χ2v) is 5.29. The fraction of sp³-hybridized carbons (Fsp3) is 0.500. The van der Waals surface area contributed by atoms with E-state index in [0.29, 0.717) is 6.54 Å². The highest BCUT2D eigenvalue weighted by Gasteiger charge is 2.56. The van der Waals surface area contributed by atoms with Crippen LogP contribution in [0.5, 0.6) is 0 Å². The lowest BCUT2D eigenvalue weighted by atomic mass is 10.2. The predicted molar refractivity (Wildman–Crippen MR) is 78.7 cm³/mol. The zero-order chi connectivity index (χ0) is 18.9. The van der Waals surface area contributed by atoms with Gasteiger partial charge in [0.05, 0.1) is 13.0 Å². The molecule has 140 valence electrons. The number of carbonyl (C=O) groups excluding carboxylic acids is 2. The second kappa shape index (κ2) is 9.33. The predicted octanol–water partition coefficient (Wildman–Crippen LogP) is 3.60. The summed E-state index contributed by atoms with van der Waals surface area (Å²) in [5, 5.41) is 2.59. The quantitative estimate of drug-likeness (QED) is 0.412. The van der Waals surface area contributed by atoms with Crippen LogP contribution in [0.25, 0.3) is 0 Å². The Labute approximate surface area is 141 Å². The smallest absolute Gasteiger partial charge is 0.453 e. The molecular formula is C16H18F5NO3. The van der Waals surface area contributed by atoms with E-state index < -0.39 is 43.4 Å². The third kappa shape index (κ3) is 7.95. The normalized spacial score (nSPS) is 11.9. The van der Waals surface area contributed by atoms with Crippen molar-refractivity contribution in [3.8, 4) is 0 Å². The molecule has 0 bridgehead atoms. The summed E-state index contributed by atoms with van der Waals surface area (Å²) in [5.41, 5.74) is 0.879. The van der Waals surface area contributed by atoms with Gasteiger partial charge in [-0.15, -0.1) is 0 Å². The topological polar surface area (TPSA) is 55.4 Å². The fourth-order valence-electron chi connectivity index (χ4n) is 1.79. The lowest BCUT2D eigenvalue weighted by Crippen LogP contribution is -2.36. The summed E-state index contributed by atoms with van der Waals surface area (Å²) in [6.07, 6.45) is -8.14. The summed E-state index contributed by atoms with van der Waals surface area (Å²) in [5.74, 6) is -6.04. The van der Waals surface area contributed by atoms with Gasteiger partial charge in [-0.1, -0.05) is 30.3 Å². The molecule has 0 saturated heterocycles.